The molecule has 1 aliphatic rings. The number of hydrogen-bond acceptors (Lipinski definition) is 5. The summed E-state index contributed by atoms with van der Waals surface area (Å²) in [5.74, 6) is -2.60. The Kier molecular flexibility index (Phi) is 2.29. The fourth-order valence-electron chi connectivity index (χ4n) is 1.04. The van der Waals surface area contributed by atoms with E-state index in [0.717, 1.165) is 0 Å². The molecular formula is C5H5NO7S. The van der Waals surface area contributed by atoms with Crippen LogP contribution in [-0.4, -0.2) is 46.1 Å². The zero-order valence-electron chi connectivity index (χ0n) is 6.58. The van der Waals surface area contributed by atoms with Crippen molar-refractivity contribution in [3.05, 3.63) is 0 Å². The van der Waals surface area contributed by atoms with Crippen LogP contribution >= 0.6 is 0 Å². The molecule has 0 radical (unpaired) electrons. The zero-order chi connectivity index (χ0) is 11.1. The number of likely N-dealkylation sites (tertiary alicyclic amines) is 1. The Balaban J connectivity index is 3.08. The van der Waals surface area contributed by atoms with Crippen LogP contribution in [-0.2, 0) is 19.7 Å². The lowest BCUT2D eigenvalue weighted by Gasteiger charge is -2.06. The molecule has 3 amide bonds. The van der Waals surface area contributed by atoms with E-state index in [2.05, 4.69) is 0 Å². The van der Waals surface area contributed by atoms with Crippen molar-refractivity contribution in [1.29, 1.82) is 0 Å². The maximum absolute atomic E-state index is 11.0. The molecule has 0 bridgehead atoms. The number of amides is 3. The fraction of sp³-hybridized carbons (Fsp3) is 0.400. The summed E-state index contributed by atoms with van der Waals surface area (Å²) in [6.07, 6.45) is -2.70. The fourth-order valence-corrected chi connectivity index (χ4v) is 1.75. The van der Waals surface area contributed by atoms with Crippen molar-refractivity contribution in [2.45, 2.75) is 11.7 Å². The van der Waals surface area contributed by atoms with Gasteiger partial charge in [0, 0.05) is 0 Å². The molecule has 78 valence electrons. The lowest BCUT2D eigenvalue weighted by Crippen LogP contribution is -2.38. The minimum Gasteiger partial charge on any atom is -0.464 e. The van der Waals surface area contributed by atoms with Crippen molar-refractivity contribution in [3.63, 3.8) is 0 Å². The first kappa shape index (κ1) is 10.6. The van der Waals surface area contributed by atoms with E-state index in [0.29, 0.717) is 0 Å². The summed E-state index contributed by atoms with van der Waals surface area (Å²) in [5, 5.41) is 6.35. The van der Waals surface area contributed by atoms with Gasteiger partial charge >= 0.3 is 6.09 Å². The Bertz CT molecular complexity index is 410. The topological polar surface area (TPSA) is 129 Å². The third-order valence-corrected chi connectivity index (χ3v) is 2.74. The molecule has 1 saturated heterocycles. The molecule has 2 N–H and O–H groups in total. The van der Waals surface area contributed by atoms with Gasteiger partial charge in [-0.2, -0.15) is 13.3 Å². The molecule has 0 aromatic carbocycles. The van der Waals surface area contributed by atoms with Gasteiger partial charge in [0.05, 0.1) is 6.42 Å². The second kappa shape index (κ2) is 3.03. The minimum atomic E-state index is -4.73. The Morgan fingerprint density at radius 3 is 2.14 bits per heavy atom. The van der Waals surface area contributed by atoms with Gasteiger partial charge in [-0.3, -0.25) is 14.1 Å². The summed E-state index contributed by atoms with van der Waals surface area (Å²) >= 11 is 0. The second-order valence-corrected chi connectivity index (χ2v) is 4.16. The Labute approximate surface area is 77.9 Å². The molecule has 8 nitrogen and oxygen atoms in total. The molecule has 0 aromatic rings. The van der Waals surface area contributed by atoms with Crippen molar-refractivity contribution in [2.24, 2.45) is 0 Å². The van der Waals surface area contributed by atoms with Gasteiger partial charge in [-0.15, -0.1) is 0 Å². The molecule has 1 aliphatic heterocycles. The number of carbonyl (C=O) groups excluding carboxylic acids is 2. The average Bonchev–Trinajstić information content (AvgIpc) is 2.24. The first-order chi connectivity index (χ1) is 6.25. The summed E-state index contributed by atoms with van der Waals surface area (Å²) in [5.41, 5.74) is 0. The van der Waals surface area contributed by atoms with Crippen LogP contribution in [0, 0.1) is 0 Å². The summed E-state index contributed by atoms with van der Waals surface area (Å²) in [6.45, 7) is 0. The van der Waals surface area contributed by atoms with Crippen LogP contribution in [0.15, 0.2) is 0 Å². The molecule has 1 heterocycles. The maximum Gasteiger partial charge on any atom is 0.421 e. The van der Waals surface area contributed by atoms with Crippen LogP contribution in [0.4, 0.5) is 4.79 Å². The van der Waals surface area contributed by atoms with Crippen molar-refractivity contribution in [3.8, 4) is 0 Å². The third kappa shape index (κ3) is 1.59. The lowest BCUT2D eigenvalue weighted by atomic mass is 10.4. The summed E-state index contributed by atoms with van der Waals surface area (Å²) in [4.78, 5) is 31.9. The van der Waals surface area contributed by atoms with Gasteiger partial charge < -0.3 is 5.11 Å². The highest BCUT2D eigenvalue weighted by Gasteiger charge is 2.48. The minimum absolute atomic E-state index is 0.224. The van der Waals surface area contributed by atoms with Gasteiger partial charge in [-0.05, 0) is 0 Å². The highest BCUT2D eigenvalue weighted by Crippen LogP contribution is 2.18. The van der Waals surface area contributed by atoms with E-state index in [4.69, 9.17) is 9.66 Å². The third-order valence-electron chi connectivity index (χ3n) is 1.66. The van der Waals surface area contributed by atoms with Gasteiger partial charge in [-0.1, -0.05) is 0 Å². The van der Waals surface area contributed by atoms with Gasteiger partial charge in [0.2, 0.25) is 5.91 Å². The largest absolute Gasteiger partial charge is 0.464 e. The first-order valence-electron chi connectivity index (χ1n) is 3.31. The second-order valence-electron chi connectivity index (χ2n) is 2.56. The van der Waals surface area contributed by atoms with Crippen LogP contribution in [0.1, 0.15) is 6.42 Å². The lowest BCUT2D eigenvalue weighted by molar-refractivity contribution is -0.135. The molecule has 14 heavy (non-hydrogen) atoms. The van der Waals surface area contributed by atoms with Crippen LogP contribution in [0.2, 0.25) is 0 Å². The first-order valence-corrected chi connectivity index (χ1v) is 4.81. The molecule has 1 atom stereocenters. The van der Waals surface area contributed by atoms with Crippen molar-refractivity contribution >= 4 is 28.0 Å². The smallest absolute Gasteiger partial charge is 0.421 e. The van der Waals surface area contributed by atoms with Crippen molar-refractivity contribution in [1.82, 2.24) is 4.90 Å². The highest BCUT2D eigenvalue weighted by molar-refractivity contribution is 7.87. The predicted molar refractivity (Wildman–Crippen MR) is 39.8 cm³/mol. The van der Waals surface area contributed by atoms with Gasteiger partial charge in [0.15, 0.2) is 5.25 Å². The van der Waals surface area contributed by atoms with Crippen molar-refractivity contribution in [2.75, 3.05) is 0 Å². The molecule has 0 aliphatic carbocycles. The molecule has 9 heteroatoms. The normalized spacial score (nSPS) is 22.9. The van der Waals surface area contributed by atoms with E-state index in [1.807, 2.05) is 0 Å². The molecular weight excluding hydrogens is 218 g/mol. The van der Waals surface area contributed by atoms with Crippen LogP contribution < -0.4 is 0 Å². The number of nitrogens with zero attached hydrogens (tertiary/aromatic N) is 1. The Hall–Kier alpha value is -1.48. The molecule has 1 rings (SSSR count). The number of hydrogen-bond donors (Lipinski definition) is 2. The van der Waals surface area contributed by atoms with E-state index < -0.39 is 39.7 Å². The molecule has 1 unspecified atom stereocenters. The highest BCUT2D eigenvalue weighted by atomic mass is 32.2. The van der Waals surface area contributed by atoms with E-state index in [-0.39, 0.29) is 4.90 Å². The van der Waals surface area contributed by atoms with Gasteiger partial charge in [0.25, 0.3) is 16.0 Å². The number of imide groups is 3. The Morgan fingerprint density at radius 1 is 1.43 bits per heavy atom. The Morgan fingerprint density at radius 2 is 1.93 bits per heavy atom. The summed E-state index contributed by atoms with van der Waals surface area (Å²) in [7, 11) is -4.73. The van der Waals surface area contributed by atoms with Crippen LogP contribution in [0.5, 0.6) is 0 Å². The number of carbonyl (C=O) groups is 3. The summed E-state index contributed by atoms with van der Waals surface area (Å²) in [6, 6.07) is 0. The van der Waals surface area contributed by atoms with E-state index >= 15 is 0 Å². The van der Waals surface area contributed by atoms with E-state index in [1.54, 1.807) is 0 Å². The monoisotopic (exact) mass is 223 g/mol. The maximum atomic E-state index is 11.0. The molecule has 0 saturated carbocycles. The molecule has 1 fully saturated rings. The SMILES string of the molecule is O=C(O)N1C(=O)CC(S(=O)(=O)O)C1=O. The van der Waals surface area contributed by atoms with Gasteiger partial charge in [0.1, 0.15) is 0 Å². The summed E-state index contributed by atoms with van der Waals surface area (Å²) < 4.78 is 29.5. The molecule has 0 aromatic heterocycles. The number of rotatable bonds is 1. The standard InChI is InChI=1S/C5H5NO7S/c7-3-1-2(14(11,12)13)4(8)6(3)5(9)10/h2H,1H2,(H,9,10)(H,11,12,13). The number of carboxylic acid groups (broad SMARTS) is 1. The predicted octanol–water partition coefficient (Wildman–Crippen LogP) is -1.32. The van der Waals surface area contributed by atoms with Crippen LogP contribution in [0.25, 0.3) is 0 Å². The van der Waals surface area contributed by atoms with E-state index in [1.165, 1.54) is 0 Å². The average molecular weight is 223 g/mol. The zero-order valence-corrected chi connectivity index (χ0v) is 7.39. The van der Waals surface area contributed by atoms with E-state index in [9.17, 15) is 22.8 Å². The van der Waals surface area contributed by atoms with Crippen LogP contribution in [0.3, 0.4) is 0 Å². The quantitative estimate of drug-likeness (QED) is 0.416. The molecule has 0 spiro atoms. The van der Waals surface area contributed by atoms with Gasteiger partial charge in [-0.25, -0.2) is 4.79 Å². The van der Waals surface area contributed by atoms with Crippen molar-refractivity contribution < 1.29 is 32.5 Å².